The molecule has 3 heterocycles. The molecule has 2 amide bonds. The first-order chi connectivity index (χ1) is 12.9. The Balaban J connectivity index is 1.42. The number of carbonyl (C=O) groups is 2. The lowest BCUT2D eigenvalue weighted by atomic mass is 9.86. The second-order valence-electron chi connectivity index (χ2n) is 8.27. The van der Waals surface area contributed by atoms with E-state index in [1.165, 1.54) is 12.8 Å². The van der Waals surface area contributed by atoms with Gasteiger partial charge in [-0.1, -0.05) is 5.16 Å². The molecule has 0 aromatic carbocycles. The maximum absolute atomic E-state index is 12.6. The Morgan fingerprint density at radius 1 is 1.30 bits per heavy atom. The average molecular weight is 376 g/mol. The molecule has 0 bridgehead atoms. The van der Waals surface area contributed by atoms with E-state index in [1.807, 2.05) is 0 Å². The number of likely N-dealkylation sites (tertiary alicyclic amines) is 1. The predicted octanol–water partition coefficient (Wildman–Crippen LogP) is 0.0772. The summed E-state index contributed by atoms with van der Waals surface area (Å²) < 4.78 is 5.16. The molecule has 9 nitrogen and oxygen atoms in total. The quantitative estimate of drug-likeness (QED) is 0.775. The summed E-state index contributed by atoms with van der Waals surface area (Å²) in [4.78, 5) is 34.6. The van der Waals surface area contributed by atoms with Crippen molar-refractivity contribution in [2.45, 2.75) is 44.2 Å². The maximum Gasteiger partial charge on any atom is 0.290 e. The monoisotopic (exact) mass is 376 g/mol. The number of rotatable bonds is 5. The van der Waals surface area contributed by atoms with Gasteiger partial charge >= 0.3 is 0 Å². The molecule has 1 aliphatic carbocycles. The van der Waals surface area contributed by atoms with E-state index in [2.05, 4.69) is 31.9 Å². The lowest BCUT2D eigenvalue weighted by Crippen LogP contribution is -2.60. The molecule has 1 aromatic rings. The molecule has 0 radical (unpaired) electrons. The molecular weight excluding hydrogens is 348 g/mol. The van der Waals surface area contributed by atoms with E-state index >= 15 is 0 Å². The van der Waals surface area contributed by atoms with Crippen LogP contribution in [0.4, 0.5) is 0 Å². The van der Waals surface area contributed by atoms with Crippen LogP contribution in [-0.2, 0) is 11.3 Å². The van der Waals surface area contributed by atoms with Crippen molar-refractivity contribution in [2.75, 3.05) is 39.8 Å². The first-order valence-electron chi connectivity index (χ1n) is 9.79. The fourth-order valence-electron chi connectivity index (χ4n) is 4.33. The van der Waals surface area contributed by atoms with Gasteiger partial charge in [-0.05, 0) is 38.6 Å². The van der Waals surface area contributed by atoms with Crippen molar-refractivity contribution < 1.29 is 14.1 Å². The number of piperazine rings is 1. The average Bonchev–Trinajstić information content (AvgIpc) is 3.36. The van der Waals surface area contributed by atoms with Crippen LogP contribution < -0.4 is 5.73 Å². The van der Waals surface area contributed by atoms with Crippen LogP contribution in [0.15, 0.2) is 4.52 Å². The van der Waals surface area contributed by atoms with Crippen LogP contribution in [0, 0.1) is 5.92 Å². The molecule has 2 N–H and O–H groups in total. The number of hydrogen-bond donors (Lipinski definition) is 1. The van der Waals surface area contributed by atoms with Crippen molar-refractivity contribution in [3.8, 4) is 0 Å². The number of likely N-dealkylation sites (N-methyl/N-ethyl adjacent to an activating group) is 1. The van der Waals surface area contributed by atoms with Crippen LogP contribution in [0.25, 0.3) is 0 Å². The molecule has 1 spiro atoms. The standard InChI is InChI=1S/C18H28N6O3/c1-22-8-9-23(11-14-20-17(16(19)26)21-27-14)12-18(22)5-4-15(25)24(7-6-18)10-13-2-3-13/h13H,2-12H2,1H3,(H2,19,26). The zero-order chi connectivity index (χ0) is 19.0. The van der Waals surface area contributed by atoms with Gasteiger partial charge in [-0.3, -0.25) is 19.4 Å². The molecule has 2 aliphatic heterocycles. The summed E-state index contributed by atoms with van der Waals surface area (Å²) in [5, 5.41) is 3.62. The number of amides is 2. The van der Waals surface area contributed by atoms with E-state index in [9.17, 15) is 9.59 Å². The van der Waals surface area contributed by atoms with E-state index in [1.54, 1.807) is 0 Å². The third-order valence-corrected chi connectivity index (χ3v) is 6.31. The third kappa shape index (κ3) is 3.98. The second-order valence-corrected chi connectivity index (χ2v) is 8.27. The highest BCUT2D eigenvalue weighted by Gasteiger charge is 2.43. The molecule has 3 fully saturated rings. The highest BCUT2D eigenvalue weighted by molar-refractivity contribution is 5.88. The highest BCUT2D eigenvalue weighted by atomic mass is 16.5. The number of aromatic nitrogens is 2. The van der Waals surface area contributed by atoms with Crippen molar-refractivity contribution in [1.82, 2.24) is 24.8 Å². The first kappa shape index (κ1) is 18.4. The molecule has 3 aliphatic rings. The molecule has 148 valence electrons. The van der Waals surface area contributed by atoms with E-state index in [0.29, 0.717) is 24.8 Å². The van der Waals surface area contributed by atoms with Crippen LogP contribution in [-0.4, -0.2) is 82.0 Å². The minimum Gasteiger partial charge on any atom is -0.363 e. The van der Waals surface area contributed by atoms with E-state index in [0.717, 1.165) is 51.5 Å². The van der Waals surface area contributed by atoms with E-state index in [-0.39, 0.29) is 11.4 Å². The molecule has 1 atom stereocenters. The van der Waals surface area contributed by atoms with Crippen molar-refractivity contribution in [3.05, 3.63) is 11.7 Å². The molecule has 1 saturated carbocycles. The van der Waals surface area contributed by atoms with Gasteiger partial charge in [-0.2, -0.15) is 4.98 Å². The van der Waals surface area contributed by atoms with Crippen LogP contribution in [0.5, 0.6) is 0 Å². The third-order valence-electron chi connectivity index (χ3n) is 6.31. The highest BCUT2D eigenvalue weighted by Crippen LogP contribution is 2.35. The van der Waals surface area contributed by atoms with Crippen LogP contribution >= 0.6 is 0 Å². The fraction of sp³-hybridized carbons (Fsp3) is 0.778. The Labute approximate surface area is 158 Å². The zero-order valence-corrected chi connectivity index (χ0v) is 15.9. The predicted molar refractivity (Wildman–Crippen MR) is 96.6 cm³/mol. The molecule has 1 aromatic heterocycles. The lowest BCUT2D eigenvalue weighted by Gasteiger charge is -2.49. The van der Waals surface area contributed by atoms with Gasteiger partial charge in [0.1, 0.15) is 0 Å². The SMILES string of the molecule is CN1CCN(Cc2nc(C(N)=O)no2)CC12CCC(=O)N(CC1CC1)CC2. The van der Waals surface area contributed by atoms with Gasteiger partial charge in [0.05, 0.1) is 6.54 Å². The maximum atomic E-state index is 12.6. The zero-order valence-electron chi connectivity index (χ0n) is 15.9. The smallest absolute Gasteiger partial charge is 0.290 e. The largest absolute Gasteiger partial charge is 0.363 e. The van der Waals surface area contributed by atoms with Gasteiger partial charge in [0.25, 0.3) is 11.7 Å². The number of primary amides is 1. The summed E-state index contributed by atoms with van der Waals surface area (Å²) in [6, 6.07) is 0. The summed E-state index contributed by atoms with van der Waals surface area (Å²) in [5.74, 6) is 0.666. The van der Waals surface area contributed by atoms with Crippen molar-refractivity contribution >= 4 is 11.8 Å². The Morgan fingerprint density at radius 2 is 2.11 bits per heavy atom. The van der Waals surface area contributed by atoms with Crippen LogP contribution in [0.2, 0.25) is 0 Å². The van der Waals surface area contributed by atoms with E-state index in [4.69, 9.17) is 10.3 Å². The normalized spacial score (nSPS) is 27.9. The van der Waals surface area contributed by atoms with Crippen molar-refractivity contribution in [3.63, 3.8) is 0 Å². The first-order valence-corrected chi connectivity index (χ1v) is 9.79. The Bertz CT molecular complexity index is 718. The van der Waals surface area contributed by atoms with Gasteiger partial charge in [0.15, 0.2) is 0 Å². The second kappa shape index (κ2) is 7.20. The van der Waals surface area contributed by atoms with Crippen LogP contribution in [0.3, 0.4) is 0 Å². The van der Waals surface area contributed by atoms with Gasteiger partial charge in [-0.15, -0.1) is 0 Å². The van der Waals surface area contributed by atoms with Crippen molar-refractivity contribution in [1.29, 1.82) is 0 Å². The number of nitrogens with two attached hydrogens (primary N) is 1. The van der Waals surface area contributed by atoms with Gasteiger partial charge in [0, 0.05) is 44.7 Å². The van der Waals surface area contributed by atoms with Gasteiger partial charge in [-0.25, -0.2) is 0 Å². The molecule has 1 unspecified atom stereocenters. The molecule has 2 saturated heterocycles. The number of nitrogens with zero attached hydrogens (tertiary/aromatic N) is 5. The lowest BCUT2D eigenvalue weighted by molar-refractivity contribution is -0.131. The van der Waals surface area contributed by atoms with Crippen molar-refractivity contribution in [2.24, 2.45) is 11.7 Å². The topological polar surface area (TPSA) is 109 Å². The summed E-state index contributed by atoms with van der Waals surface area (Å²) in [7, 11) is 2.16. The van der Waals surface area contributed by atoms with Crippen LogP contribution in [0.1, 0.15) is 48.6 Å². The number of carbonyl (C=O) groups excluding carboxylic acids is 2. The summed E-state index contributed by atoms with van der Waals surface area (Å²) in [6.07, 6.45) is 4.99. The minimum atomic E-state index is -0.683. The summed E-state index contributed by atoms with van der Waals surface area (Å²) in [6.45, 7) is 4.91. The minimum absolute atomic E-state index is 0.0151. The fourth-order valence-corrected chi connectivity index (χ4v) is 4.33. The van der Waals surface area contributed by atoms with Gasteiger partial charge < -0.3 is 15.2 Å². The molecule has 27 heavy (non-hydrogen) atoms. The Hall–Kier alpha value is -2.00. The number of hydrogen-bond acceptors (Lipinski definition) is 7. The van der Waals surface area contributed by atoms with Gasteiger partial charge in [0.2, 0.25) is 11.8 Å². The summed E-state index contributed by atoms with van der Waals surface area (Å²) >= 11 is 0. The molecular formula is C18H28N6O3. The Morgan fingerprint density at radius 3 is 2.81 bits per heavy atom. The molecule has 4 rings (SSSR count). The summed E-state index contributed by atoms with van der Waals surface area (Å²) in [5.41, 5.74) is 5.18. The van der Waals surface area contributed by atoms with E-state index < -0.39 is 5.91 Å². The molecule has 9 heteroatoms. The Kier molecular flexibility index (Phi) is 4.90.